The molecule has 0 aromatic carbocycles. The first-order chi connectivity index (χ1) is 39.6. The van der Waals surface area contributed by atoms with Crippen LogP contribution in [0.25, 0.3) is 0 Å². The predicted octanol–water partition coefficient (Wildman–Crippen LogP) is 19.3. The van der Waals surface area contributed by atoms with Crippen LogP contribution in [0, 0.1) is 0 Å². The number of esters is 2. The average molecular weight is 1120 g/mol. The number of carbonyl (C=O) groups excluding carboxylic acids is 2. The Morgan fingerprint density at radius 3 is 1.02 bits per heavy atom. The number of quaternary nitrogens is 1. The maximum absolute atomic E-state index is 12.9. The van der Waals surface area contributed by atoms with Gasteiger partial charge >= 0.3 is 17.9 Å². The molecule has 81 heavy (non-hydrogen) atoms. The van der Waals surface area contributed by atoms with Crippen LogP contribution in [-0.4, -0.2) is 87.4 Å². The van der Waals surface area contributed by atoms with E-state index in [1.54, 1.807) is 0 Å². The van der Waals surface area contributed by atoms with E-state index in [1.165, 1.54) is 77.0 Å². The van der Waals surface area contributed by atoms with E-state index in [4.69, 9.17) is 18.9 Å². The molecule has 0 aromatic heterocycles. The molecule has 0 aromatic rings. The molecule has 0 aliphatic carbocycles. The van der Waals surface area contributed by atoms with Crippen LogP contribution in [0.15, 0.2) is 158 Å². The fourth-order valence-corrected chi connectivity index (χ4v) is 8.01. The highest BCUT2D eigenvalue weighted by molar-refractivity contribution is 5.71. The minimum Gasteiger partial charge on any atom is -0.477 e. The molecule has 9 heteroatoms. The van der Waals surface area contributed by atoms with Gasteiger partial charge in [0.2, 0.25) is 0 Å². The molecule has 9 nitrogen and oxygen atoms in total. The molecule has 0 fully saturated rings. The second-order valence-corrected chi connectivity index (χ2v) is 21.6. The van der Waals surface area contributed by atoms with Crippen molar-refractivity contribution in [3.05, 3.63) is 158 Å². The van der Waals surface area contributed by atoms with Crippen LogP contribution in [-0.2, 0) is 33.3 Å². The van der Waals surface area contributed by atoms with E-state index in [0.29, 0.717) is 23.9 Å². The first-order valence-electron chi connectivity index (χ1n) is 31.6. The van der Waals surface area contributed by atoms with Gasteiger partial charge < -0.3 is 28.5 Å². The van der Waals surface area contributed by atoms with Crippen molar-refractivity contribution in [2.45, 2.75) is 232 Å². The smallest absolute Gasteiger partial charge is 0.361 e. The van der Waals surface area contributed by atoms with Crippen LogP contribution in [0.5, 0.6) is 0 Å². The summed E-state index contributed by atoms with van der Waals surface area (Å²) in [6, 6.07) is 0. The number of likely N-dealkylation sites (N-methyl/N-ethyl adjacent to an activating group) is 1. The molecule has 0 spiro atoms. The number of rotatable bonds is 56. The van der Waals surface area contributed by atoms with Gasteiger partial charge in [0.1, 0.15) is 13.2 Å². The molecule has 0 aliphatic heterocycles. The van der Waals surface area contributed by atoms with Crippen LogP contribution in [0.1, 0.15) is 219 Å². The minimum atomic E-state index is -1.54. The topological polar surface area (TPSA) is 108 Å². The lowest BCUT2D eigenvalue weighted by Gasteiger charge is -2.25. The second kappa shape index (κ2) is 61.0. The van der Waals surface area contributed by atoms with Crippen molar-refractivity contribution in [3.8, 4) is 0 Å². The highest BCUT2D eigenvalue weighted by Crippen LogP contribution is 2.15. The summed E-state index contributed by atoms with van der Waals surface area (Å²) in [6.07, 6.45) is 87.7. The van der Waals surface area contributed by atoms with E-state index in [-0.39, 0.29) is 38.6 Å². The van der Waals surface area contributed by atoms with Gasteiger partial charge in [-0.25, -0.2) is 4.79 Å². The number of hydrogen-bond donors (Lipinski definition) is 1. The van der Waals surface area contributed by atoms with E-state index in [0.717, 1.165) is 103 Å². The molecule has 0 aliphatic rings. The maximum atomic E-state index is 12.9. The van der Waals surface area contributed by atoms with E-state index < -0.39 is 24.3 Å². The summed E-state index contributed by atoms with van der Waals surface area (Å²) in [5.41, 5.74) is 0. The fraction of sp³-hybridized carbons (Fsp3) is 0.597. The molecule has 0 saturated carbocycles. The Balaban J connectivity index is 4.33. The second-order valence-electron chi connectivity index (χ2n) is 21.6. The zero-order chi connectivity index (χ0) is 59.1. The van der Waals surface area contributed by atoms with Gasteiger partial charge in [0.15, 0.2) is 6.10 Å². The summed E-state index contributed by atoms with van der Waals surface area (Å²) < 4.78 is 22.8. The largest absolute Gasteiger partial charge is 0.477 e. The third kappa shape index (κ3) is 62.4. The molecule has 2 unspecified atom stereocenters. The van der Waals surface area contributed by atoms with Crippen molar-refractivity contribution in [2.24, 2.45) is 0 Å². The molecule has 0 amide bonds. The van der Waals surface area contributed by atoms with Gasteiger partial charge in [-0.15, -0.1) is 0 Å². The molecule has 2 atom stereocenters. The number of hydrogen-bond acceptors (Lipinski definition) is 7. The Bertz CT molecular complexity index is 1880. The Morgan fingerprint density at radius 1 is 0.370 bits per heavy atom. The number of unbranched alkanes of at least 4 members (excludes halogenated alkanes) is 15. The lowest BCUT2D eigenvalue weighted by molar-refractivity contribution is -0.870. The number of aliphatic carboxylic acids is 1. The minimum absolute atomic E-state index is 0.168. The molecule has 0 radical (unpaired) electrons. The van der Waals surface area contributed by atoms with E-state index in [1.807, 2.05) is 21.1 Å². The Morgan fingerprint density at radius 2 is 0.679 bits per heavy atom. The SMILES string of the molecule is CC/C=C\C/C=C\C/C=C\C/C=C\C/C=C\C/C=C\C/C=C\C/C=C\C/C=C\CCCC(=O)OC(COC(=O)CCCCCCCCCCCCCCCC/C=C\C/C=C\C/C=C\C/C=C\CC)COC(OCC[N+](C)(C)C)C(=O)O. The highest BCUT2D eigenvalue weighted by Gasteiger charge is 2.25. The van der Waals surface area contributed by atoms with Gasteiger partial charge in [0.25, 0.3) is 6.29 Å². The number of carboxylic acid groups (broad SMARTS) is 1. The van der Waals surface area contributed by atoms with Gasteiger partial charge in [-0.1, -0.05) is 249 Å². The zero-order valence-corrected chi connectivity index (χ0v) is 51.9. The molecule has 0 heterocycles. The zero-order valence-electron chi connectivity index (χ0n) is 51.9. The standard InChI is InChI=1S/C72H115NO8/c1-6-8-10-12-14-16-18-20-22-24-26-28-30-32-34-35-37-39-41-43-45-47-49-51-53-55-57-59-61-63-70(75)81-68(67-80-72(71(76)77)78-65-64-73(3,4)5)66-79-69(74)62-60-58-56-54-52-50-48-46-44-42-40-38-36-33-31-29-27-25-23-21-19-17-15-13-11-9-7-2/h8-11,14-17,20-23,26-29,32,34,37,39,43,45,49,51,55,57,68,72H,6-7,12-13,18-19,24-25,30-31,33,35-36,38,40-42,44,46-48,50,52-54,56,58-67H2,1-5H3/p+1/b10-8-,11-9-,16-14-,17-15-,22-20-,23-21-,28-26-,29-27-,34-32-,39-37-,45-43-,51-49-,57-55-. The molecule has 456 valence electrons. The Hall–Kier alpha value is -5.09. The number of allylic oxidation sites excluding steroid dienone is 26. The summed E-state index contributed by atoms with van der Waals surface area (Å²) in [6.45, 7) is 4.57. The molecule has 1 N–H and O–H groups in total. The molecule has 0 saturated heterocycles. The third-order valence-electron chi connectivity index (χ3n) is 12.8. The number of carboxylic acids is 1. The van der Waals surface area contributed by atoms with E-state index in [2.05, 4.69) is 172 Å². The van der Waals surface area contributed by atoms with Crippen molar-refractivity contribution in [1.82, 2.24) is 0 Å². The molecular formula is C72H116NO8+. The monoisotopic (exact) mass is 1120 g/mol. The first-order valence-corrected chi connectivity index (χ1v) is 31.6. The lowest BCUT2D eigenvalue weighted by Crippen LogP contribution is -2.40. The molecule has 0 bridgehead atoms. The average Bonchev–Trinajstić information content (AvgIpc) is 3.44. The van der Waals surface area contributed by atoms with Gasteiger partial charge in [-0.05, 0) is 116 Å². The quantitative estimate of drug-likeness (QED) is 0.0211. The van der Waals surface area contributed by atoms with Gasteiger partial charge in [0, 0.05) is 12.8 Å². The summed E-state index contributed by atoms with van der Waals surface area (Å²) in [4.78, 5) is 37.5. The summed E-state index contributed by atoms with van der Waals surface area (Å²) in [5.74, 6) is -2.10. The van der Waals surface area contributed by atoms with Crippen molar-refractivity contribution in [1.29, 1.82) is 0 Å². The summed E-state index contributed by atoms with van der Waals surface area (Å²) in [5, 5.41) is 9.72. The molecular weight excluding hydrogens is 1010 g/mol. The summed E-state index contributed by atoms with van der Waals surface area (Å²) in [7, 11) is 5.94. The van der Waals surface area contributed by atoms with Gasteiger partial charge in [-0.2, -0.15) is 0 Å². The fourth-order valence-electron chi connectivity index (χ4n) is 8.01. The van der Waals surface area contributed by atoms with E-state index in [9.17, 15) is 19.5 Å². The normalized spacial score (nSPS) is 13.8. The highest BCUT2D eigenvalue weighted by atomic mass is 16.7. The predicted molar refractivity (Wildman–Crippen MR) is 345 cm³/mol. The van der Waals surface area contributed by atoms with Crippen molar-refractivity contribution >= 4 is 17.9 Å². The number of ether oxygens (including phenoxy) is 4. The number of carbonyl (C=O) groups is 3. The lowest BCUT2D eigenvalue weighted by atomic mass is 10.0. The third-order valence-corrected chi connectivity index (χ3v) is 12.8. The van der Waals surface area contributed by atoms with Crippen LogP contribution < -0.4 is 0 Å². The van der Waals surface area contributed by atoms with Crippen molar-refractivity contribution in [2.75, 3.05) is 47.5 Å². The van der Waals surface area contributed by atoms with Gasteiger partial charge in [-0.3, -0.25) is 9.59 Å². The number of nitrogens with zero attached hydrogens (tertiary/aromatic N) is 1. The van der Waals surface area contributed by atoms with Crippen LogP contribution in [0.2, 0.25) is 0 Å². The summed E-state index contributed by atoms with van der Waals surface area (Å²) >= 11 is 0. The van der Waals surface area contributed by atoms with Crippen molar-refractivity contribution < 1.29 is 42.9 Å². The van der Waals surface area contributed by atoms with E-state index >= 15 is 0 Å². The first kappa shape index (κ1) is 75.9. The molecule has 0 rings (SSSR count). The maximum Gasteiger partial charge on any atom is 0.361 e. The Kier molecular flexibility index (Phi) is 57.2. The van der Waals surface area contributed by atoms with Crippen LogP contribution in [0.4, 0.5) is 0 Å². The van der Waals surface area contributed by atoms with Crippen molar-refractivity contribution in [3.63, 3.8) is 0 Å². The van der Waals surface area contributed by atoms with Crippen LogP contribution >= 0.6 is 0 Å². The van der Waals surface area contributed by atoms with Gasteiger partial charge in [0.05, 0.1) is 34.4 Å². The van der Waals surface area contributed by atoms with Crippen LogP contribution in [0.3, 0.4) is 0 Å². The Labute approximate surface area is 495 Å².